The zero-order chi connectivity index (χ0) is 10.7. The molecule has 0 aromatic heterocycles. The predicted octanol–water partition coefficient (Wildman–Crippen LogP) is -1.96. The molecule has 1 heterocycles. The highest BCUT2D eigenvalue weighted by Gasteiger charge is 2.13. The maximum absolute atomic E-state index is 2.54. The van der Waals surface area contributed by atoms with Gasteiger partial charge in [-0.3, -0.25) is 4.90 Å². The van der Waals surface area contributed by atoms with E-state index in [9.17, 15) is 0 Å². The molecule has 1 fully saturated rings. The molecule has 0 amide bonds. The molecule has 17 heavy (non-hydrogen) atoms. The normalized spacial score (nSPS) is 17.0. The third kappa shape index (κ3) is 4.87. The van der Waals surface area contributed by atoms with Gasteiger partial charge in [-0.1, -0.05) is 29.7 Å². The molecule has 1 saturated heterocycles. The van der Waals surface area contributed by atoms with E-state index in [1.165, 1.54) is 37.2 Å². The van der Waals surface area contributed by atoms with Gasteiger partial charge in [0.2, 0.25) is 0 Å². The lowest BCUT2D eigenvalue weighted by Gasteiger charge is -2.32. The molecule has 1 aromatic carbocycles. The Morgan fingerprint density at radius 1 is 1.12 bits per heavy atom. The molecular weight excluding hydrogens is 215 g/mol. The molecule has 2 rings (SSSR count). The van der Waals surface area contributed by atoms with E-state index in [4.69, 9.17) is 0 Å². The van der Waals surface area contributed by atoms with Gasteiger partial charge < -0.3 is 15.9 Å². The fourth-order valence-electron chi connectivity index (χ4n) is 2.07. The van der Waals surface area contributed by atoms with Crippen molar-refractivity contribution in [1.29, 1.82) is 0 Å². The second-order valence-electron chi connectivity index (χ2n) is 4.57. The van der Waals surface area contributed by atoms with Gasteiger partial charge in [0.25, 0.3) is 0 Å². The minimum Gasteiger partial charge on any atom is -0.412 e. The predicted molar refractivity (Wildman–Crippen MR) is 74.6 cm³/mol. The largest absolute Gasteiger partial charge is 0.412 e. The van der Waals surface area contributed by atoms with Crippen LogP contribution in [0, 0.1) is 0 Å². The third-order valence-electron chi connectivity index (χ3n) is 3.08. The molecule has 0 bridgehead atoms. The first-order chi connectivity index (χ1) is 7.24. The molecule has 96 valence electrons. The summed E-state index contributed by atoms with van der Waals surface area (Å²) in [7, 11) is 4.36. The highest BCUT2D eigenvalue weighted by Crippen LogP contribution is 2.06. The van der Waals surface area contributed by atoms with Crippen molar-refractivity contribution < 1.29 is 11.0 Å². The average molecular weight is 238 g/mol. The van der Waals surface area contributed by atoms with Crippen molar-refractivity contribution >= 4 is 13.3 Å². The Morgan fingerprint density at radius 3 is 2.35 bits per heavy atom. The summed E-state index contributed by atoms with van der Waals surface area (Å²) in [5.41, 5.74) is 2.81. The fraction of sp³-hybridized carbons (Fsp3) is 0.500. The van der Waals surface area contributed by atoms with Crippen LogP contribution in [0.3, 0.4) is 0 Å². The molecule has 4 N–H and O–H groups in total. The Balaban J connectivity index is 0.00000128. The van der Waals surface area contributed by atoms with Crippen LogP contribution in [-0.2, 0) is 6.54 Å². The number of rotatable bonds is 2. The van der Waals surface area contributed by atoms with Crippen molar-refractivity contribution in [1.82, 2.24) is 9.80 Å². The Bertz CT molecular complexity index is 328. The van der Waals surface area contributed by atoms with Gasteiger partial charge in [-0.25, -0.2) is 0 Å². The van der Waals surface area contributed by atoms with Crippen LogP contribution in [-0.4, -0.2) is 61.8 Å². The lowest BCUT2D eigenvalue weighted by Crippen LogP contribution is -2.43. The first-order valence-corrected chi connectivity index (χ1v) is 5.70. The van der Waals surface area contributed by atoms with Crippen LogP contribution in [0.5, 0.6) is 0 Å². The highest BCUT2D eigenvalue weighted by atomic mass is 16.0. The van der Waals surface area contributed by atoms with Gasteiger partial charge >= 0.3 is 0 Å². The van der Waals surface area contributed by atoms with Crippen LogP contribution >= 0.6 is 0 Å². The number of hydrogen-bond acceptors (Lipinski definition) is 2. The quantitative estimate of drug-likeness (QED) is 0.561. The van der Waals surface area contributed by atoms with Crippen LogP contribution in [0.25, 0.3) is 0 Å². The van der Waals surface area contributed by atoms with Crippen LogP contribution in [0.2, 0.25) is 0 Å². The fourth-order valence-corrected chi connectivity index (χ4v) is 2.07. The second kappa shape index (κ2) is 7.45. The minimum atomic E-state index is 0. The van der Waals surface area contributed by atoms with Crippen molar-refractivity contribution in [3.8, 4) is 0 Å². The van der Waals surface area contributed by atoms with Gasteiger partial charge in [0.15, 0.2) is 0 Å². The topological polar surface area (TPSA) is 69.5 Å². The third-order valence-corrected chi connectivity index (χ3v) is 3.08. The van der Waals surface area contributed by atoms with Gasteiger partial charge in [-0.15, -0.1) is 0 Å². The molecule has 0 spiro atoms. The molecule has 4 nitrogen and oxygen atoms in total. The lowest BCUT2D eigenvalue weighted by atomic mass is 9.94. The van der Waals surface area contributed by atoms with Crippen LogP contribution < -0.4 is 5.46 Å². The molecule has 0 unspecified atom stereocenters. The maximum atomic E-state index is 2.54. The molecule has 1 aromatic rings. The summed E-state index contributed by atoms with van der Waals surface area (Å²) in [5.74, 6) is 0. The Kier molecular flexibility index (Phi) is 7.07. The molecule has 1 aliphatic heterocycles. The molecule has 5 heteroatoms. The van der Waals surface area contributed by atoms with E-state index >= 15 is 0 Å². The second-order valence-corrected chi connectivity index (χ2v) is 4.57. The molecule has 0 atom stereocenters. The first-order valence-electron chi connectivity index (χ1n) is 5.70. The van der Waals surface area contributed by atoms with E-state index in [1.807, 2.05) is 0 Å². The smallest absolute Gasteiger partial charge is 0.139 e. The van der Waals surface area contributed by atoms with E-state index < -0.39 is 0 Å². The van der Waals surface area contributed by atoms with E-state index in [1.54, 1.807) is 0 Å². The number of hydrogen-bond donors (Lipinski definition) is 0. The van der Waals surface area contributed by atoms with Gasteiger partial charge in [0.1, 0.15) is 7.85 Å². The van der Waals surface area contributed by atoms with Crippen LogP contribution in [0.4, 0.5) is 0 Å². The van der Waals surface area contributed by atoms with Crippen molar-refractivity contribution in [3.63, 3.8) is 0 Å². The lowest BCUT2D eigenvalue weighted by molar-refractivity contribution is 0.148. The van der Waals surface area contributed by atoms with Crippen molar-refractivity contribution in [2.45, 2.75) is 6.54 Å². The summed E-state index contributed by atoms with van der Waals surface area (Å²) in [5, 5.41) is 0. The Morgan fingerprint density at radius 2 is 1.76 bits per heavy atom. The van der Waals surface area contributed by atoms with Gasteiger partial charge in [-0.2, -0.15) is 0 Å². The highest BCUT2D eigenvalue weighted by molar-refractivity contribution is 6.32. The van der Waals surface area contributed by atoms with E-state index in [-0.39, 0.29) is 11.0 Å². The van der Waals surface area contributed by atoms with Crippen molar-refractivity contribution in [2.24, 2.45) is 0 Å². The van der Waals surface area contributed by atoms with E-state index in [2.05, 4.69) is 49.0 Å². The number of piperazine rings is 1. The summed E-state index contributed by atoms with van der Waals surface area (Å²) in [6, 6.07) is 8.83. The first kappa shape index (κ1) is 16.1. The Hall–Kier alpha value is -0.875. The zero-order valence-corrected chi connectivity index (χ0v) is 10.7. The van der Waals surface area contributed by atoms with Crippen molar-refractivity contribution in [2.75, 3.05) is 33.2 Å². The summed E-state index contributed by atoms with van der Waals surface area (Å²) < 4.78 is 0. The molecule has 0 aliphatic carbocycles. The van der Waals surface area contributed by atoms with Gasteiger partial charge in [-0.05, 0) is 12.6 Å². The minimum absolute atomic E-state index is 0. The monoisotopic (exact) mass is 238 g/mol. The maximum Gasteiger partial charge on any atom is 0.139 e. The molecule has 0 saturated carbocycles. The Labute approximate surface area is 104 Å². The average Bonchev–Trinajstić information content (AvgIpc) is 2.22. The van der Waals surface area contributed by atoms with E-state index in [0.29, 0.717) is 0 Å². The van der Waals surface area contributed by atoms with Gasteiger partial charge in [0, 0.05) is 32.7 Å². The summed E-state index contributed by atoms with van der Waals surface area (Å²) in [6.45, 7) is 5.90. The van der Waals surface area contributed by atoms with Gasteiger partial charge in [0.05, 0.1) is 0 Å². The van der Waals surface area contributed by atoms with Crippen molar-refractivity contribution in [3.05, 3.63) is 29.8 Å². The summed E-state index contributed by atoms with van der Waals surface area (Å²) in [6.07, 6.45) is 0. The number of nitrogens with zero attached hydrogens (tertiary/aromatic N) is 2. The van der Waals surface area contributed by atoms with E-state index in [0.717, 1.165) is 6.54 Å². The molecule has 0 radical (unpaired) electrons. The molecule has 1 aliphatic rings. The zero-order valence-electron chi connectivity index (χ0n) is 10.7. The summed E-state index contributed by atoms with van der Waals surface area (Å²) >= 11 is 0. The molecular formula is C12H23BN2O2. The SMILES string of the molecule is Bc1cccc(CN2CCN(C)CC2)c1.O.O. The van der Waals surface area contributed by atoms with Crippen LogP contribution in [0.1, 0.15) is 5.56 Å². The summed E-state index contributed by atoms with van der Waals surface area (Å²) in [4.78, 5) is 4.93. The van der Waals surface area contributed by atoms with Crippen LogP contribution in [0.15, 0.2) is 24.3 Å². The number of benzene rings is 1. The number of likely N-dealkylation sites (N-methyl/N-ethyl adjacent to an activating group) is 1. The standard InChI is InChI=1S/C12H19BN2.2H2O/c1-14-5-7-15(8-6-14)10-11-3-2-4-12(13)9-11;;/h2-4,9H,5-8,10,13H2,1H3;2*1H2.